The van der Waals surface area contributed by atoms with Gasteiger partial charge in [0.1, 0.15) is 0 Å². The highest BCUT2D eigenvalue weighted by Gasteiger charge is 2.13. The molecule has 0 spiro atoms. The quantitative estimate of drug-likeness (QED) is 0.663. The fourth-order valence-corrected chi connectivity index (χ4v) is 2.53. The van der Waals surface area contributed by atoms with Crippen LogP contribution in [0.2, 0.25) is 5.02 Å². The molecule has 116 valence electrons. The number of aromatic nitrogens is 1. The van der Waals surface area contributed by atoms with E-state index in [1.807, 2.05) is 25.1 Å². The number of nitrogens with one attached hydrogen (secondary N) is 1. The fourth-order valence-electron chi connectivity index (χ4n) is 2.32. The minimum absolute atomic E-state index is 0.121. The molecule has 1 aromatic heterocycles. The van der Waals surface area contributed by atoms with Gasteiger partial charge in [-0.1, -0.05) is 36.7 Å². The lowest BCUT2D eigenvalue weighted by molar-refractivity contribution is 0.0995. The zero-order chi connectivity index (χ0) is 16.4. The molecule has 0 saturated carbocycles. The average Bonchev–Trinajstić information content (AvgIpc) is 2.87. The Labute approximate surface area is 137 Å². The minimum Gasteiger partial charge on any atom is -0.493 e. The number of aryl methyl sites for hydroxylation is 1. The SMILES string of the molecule is CCc1ccc2[nH]c(O)c(N=NC(=O)c3ccccc3Cl)c2c1. The lowest BCUT2D eigenvalue weighted by Crippen LogP contribution is -1.94. The number of carbonyl (C=O) groups excluding carboxylic acids is 1. The van der Waals surface area contributed by atoms with Crippen molar-refractivity contribution in [1.82, 2.24) is 4.98 Å². The van der Waals surface area contributed by atoms with Gasteiger partial charge in [-0.05, 0) is 36.2 Å². The van der Waals surface area contributed by atoms with Gasteiger partial charge in [-0.25, -0.2) is 0 Å². The third-order valence-corrected chi connectivity index (χ3v) is 3.90. The topological polar surface area (TPSA) is 77.8 Å². The Balaban J connectivity index is 1.99. The maximum absolute atomic E-state index is 12.1. The van der Waals surface area contributed by atoms with Crippen LogP contribution in [0.4, 0.5) is 5.69 Å². The molecule has 6 heteroatoms. The van der Waals surface area contributed by atoms with Crippen LogP contribution < -0.4 is 0 Å². The number of aromatic hydroxyl groups is 1. The van der Waals surface area contributed by atoms with Gasteiger partial charge in [-0.15, -0.1) is 10.2 Å². The Morgan fingerprint density at radius 2 is 2.04 bits per heavy atom. The number of nitrogens with zero attached hydrogens (tertiary/aromatic N) is 2. The minimum atomic E-state index is -0.559. The fraction of sp³-hybridized carbons (Fsp3) is 0.118. The van der Waals surface area contributed by atoms with Crippen LogP contribution in [0.3, 0.4) is 0 Å². The van der Waals surface area contributed by atoms with E-state index < -0.39 is 5.91 Å². The summed E-state index contributed by atoms with van der Waals surface area (Å²) in [6.07, 6.45) is 0.858. The summed E-state index contributed by atoms with van der Waals surface area (Å²) in [6.45, 7) is 2.04. The van der Waals surface area contributed by atoms with Crippen LogP contribution in [0.15, 0.2) is 52.7 Å². The first-order valence-corrected chi connectivity index (χ1v) is 7.52. The molecule has 2 N–H and O–H groups in total. The highest BCUT2D eigenvalue weighted by molar-refractivity contribution is 6.33. The summed E-state index contributed by atoms with van der Waals surface area (Å²) in [5, 5.41) is 18.6. The van der Waals surface area contributed by atoms with Gasteiger partial charge in [0, 0.05) is 5.39 Å². The molecule has 5 nitrogen and oxygen atoms in total. The molecule has 0 aliphatic carbocycles. The molecule has 0 aliphatic rings. The molecule has 0 aliphatic heterocycles. The first-order chi connectivity index (χ1) is 11.1. The molecule has 0 fully saturated rings. The Hall–Kier alpha value is -2.66. The van der Waals surface area contributed by atoms with Crippen molar-refractivity contribution in [2.75, 3.05) is 0 Å². The molecular formula is C17H14ClN3O2. The van der Waals surface area contributed by atoms with Crippen LogP contribution in [-0.2, 0) is 6.42 Å². The summed E-state index contributed by atoms with van der Waals surface area (Å²) in [7, 11) is 0. The first-order valence-electron chi connectivity index (χ1n) is 7.14. The van der Waals surface area contributed by atoms with Gasteiger partial charge in [0.2, 0.25) is 5.88 Å². The van der Waals surface area contributed by atoms with E-state index in [9.17, 15) is 9.90 Å². The molecule has 23 heavy (non-hydrogen) atoms. The van der Waals surface area contributed by atoms with Crippen molar-refractivity contribution in [2.45, 2.75) is 13.3 Å². The van der Waals surface area contributed by atoms with E-state index in [-0.39, 0.29) is 17.1 Å². The van der Waals surface area contributed by atoms with E-state index in [2.05, 4.69) is 15.2 Å². The number of fused-ring (bicyclic) bond motifs is 1. The molecule has 3 aromatic rings. The largest absolute Gasteiger partial charge is 0.493 e. The molecule has 3 rings (SSSR count). The lowest BCUT2D eigenvalue weighted by atomic mass is 10.1. The van der Waals surface area contributed by atoms with Crippen LogP contribution in [0, 0.1) is 0 Å². The molecule has 0 radical (unpaired) electrons. The molecule has 0 unspecified atom stereocenters. The van der Waals surface area contributed by atoms with Gasteiger partial charge in [0.15, 0.2) is 5.69 Å². The molecular weight excluding hydrogens is 314 g/mol. The van der Waals surface area contributed by atoms with Crippen molar-refractivity contribution in [3.8, 4) is 5.88 Å². The molecule has 2 aromatic carbocycles. The smallest absolute Gasteiger partial charge is 0.296 e. The molecule has 1 heterocycles. The standard InChI is InChI=1S/C17H14ClN3O2/c1-2-10-7-8-14-12(9-10)15(17(23)19-14)20-21-16(22)11-5-3-4-6-13(11)18/h3-9,19,23H,2H2,1H3. The Kier molecular flexibility index (Phi) is 4.12. The summed E-state index contributed by atoms with van der Waals surface area (Å²) in [5.74, 6) is -0.681. The highest BCUT2D eigenvalue weighted by atomic mass is 35.5. The van der Waals surface area contributed by atoms with Crippen molar-refractivity contribution in [2.24, 2.45) is 10.2 Å². The van der Waals surface area contributed by atoms with Crippen molar-refractivity contribution < 1.29 is 9.90 Å². The normalized spacial score (nSPS) is 11.4. The molecule has 1 amide bonds. The average molecular weight is 328 g/mol. The summed E-state index contributed by atoms with van der Waals surface area (Å²) in [5.41, 5.74) is 2.35. The van der Waals surface area contributed by atoms with Crippen LogP contribution in [0.5, 0.6) is 5.88 Å². The van der Waals surface area contributed by atoms with Crippen molar-refractivity contribution in [1.29, 1.82) is 0 Å². The second kappa shape index (κ2) is 6.22. The van der Waals surface area contributed by atoms with Gasteiger partial charge in [-0.2, -0.15) is 0 Å². The summed E-state index contributed by atoms with van der Waals surface area (Å²) < 4.78 is 0. The van der Waals surface area contributed by atoms with Gasteiger partial charge >= 0.3 is 0 Å². The second-order valence-corrected chi connectivity index (χ2v) is 5.45. The Bertz CT molecular complexity index is 915. The number of amides is 1. The van der Waals surface area contributed by atoms with Crippen molar-refractivity contribution in [3.05, 3.63) is 58.6 Å². The first kappa shape index (κ1) is 15.2. The van der Waals surface area contributed by atoms with Crippen LogP contribution in [-0.4, -0.2) is 16.0 Å². The van der Waals surface area contributed by atoms with Crippen LogP contribution in [0.1, 0.15) is 22.8 Å². The summed E-state index contributed by atoms with van der Waals surface area (Å²) >= 11 is 5.97. The lowest BCUT2D eigenvalue weighted by Gasteiger charge is -1.98. The van der Waals surface area contributed by atoms with Gasteiger partial charge in [-0.3, -0.25) is 4.79 Å². The number of rotatable bonds is 3. The third kappa shape index (κ3) is 2.96. The van der Waals surface area contributed by atoms with Crippen LogP contribution >= 0.6 is 11.6 Å². The molecule has 0 atom stereocenters. The molecule has 0 bridgehead atoms. The van der Waals surface area contributed by atoms with E-state index in [0.717, 1.165) is 22.9 Å². The molecule has 0 saturated heterocycles. The van der Waals surface area contributed by atoms with Gasteiger partial charge in [0.25, 0.3) is 5.91 Å². The zero-order valence-electron chi connectivity index (χ0n) is 12.4. The van der Waals surface area contributed by atoms with E-state index in [4.69, 9.17) is 11.6 Å². The number of H-pyrrole nitrogens is 1. The van der Waals surface area contributed by atoms with E-state index in [0.29, 0.717) is 5.02 Å². The predicted octanol–water partition coefficient (Wildman–Crippen LogP) is 5.01. The van der Waals surface area contributed by atoms with Crippen molar-refractivity contribution >= 4 is 34.1 Å². The maximum atomic E-state index is 12.1. The monoisotopic (exact) mass is 327 g/mol. The van der Waals surface area contributed by atoms with E-state index in [1.165, 1.54) is 0 Å². The number of azo groups is 1. The predicted molar refractivity (Wildman–Crippen MR) is 89.6 cm³/mol. The summed E-state index contributed by atoms with van der Waals surface area (Å²) in [4.78, 5) is 14.9. The number of halogens is 1. The maximum Gasteiger partial charge on any atom is 0.296 e. The Morgan fingerprint density at radius 3 is 2.78 bits per heavy atom. The number of hydrogen-bond acceptors (Lipinski definition) is 3. The van der Waals surface area contributed by atoms with Crippen molar-refractivity contribution in [3.63, 3.8) is 0 Å². The summed E-state index contributed by atoms with van der Waals surface area (Å²) in [6, 6.07) is 12.4. The van der Waals surface area contributed by atoms with E-state index in [1.54, 1.807) is 24.3 Å². The Morgan fingerprint density at radius 1 is 1.26 bits per heavy atom. The third-order valence-electron chi connectivity index (χ3n) is 3.57. The second-order valence-electron chi connectivity index (χ2n) is 5.04. The van der Waals surface area contributed by atoms with E-state index >= 15 is 0 Å². The van der Waals surface area contributed by atoms with Crippen LogP contribution in [0.25, 0.3) is 10.9 Å². The number of aromatic amines is 1. The van der Waals surface area contributed by atoms with Gasteiger partial charge < -0.3 is 10.1 Å². The zero-order valence-corrected chi connectivity index (χ0v) is 13.1. The number of carbonyl (C=O) groups is 1. The van der Waals surface area contributed by atoms with Gasteiger partial charge in [0.05, 0.1) is 16.1 Å². The highest BCUT2D eigenvalue weighted by Crippen LogP contribution is 2.36. The number of hydrogen-bond donors (Lipinski definition) is 2. The number of benzene rings is 2.